The summed E-state index contributed by atoms with van der Waals surface area (Å²) in [6.07, 6.45) is 5.75. The molecular formula is C13H19ClN2O3S. The summed E-state index contributed by atoms with van der Waals surface area (Å²) in [5, 5.41) is 2.87. The van der Waals surface area contributed by atoms with E-state index in [2.05, 4.69) is 5.32 Å². The van der Waals surface area contributed by atoms with Gasteiger partial charge in [-0.1, -0.05) is 13.3 Å². The summed E-state index contributed by atoms with van der Waals surface area (Å²) in [4.78, 5) is 12.1. The van der Waals surface area contributed by atoms with E-state index in [0.29, 0.717) is 24.7 Å². The molecule has 5 nitrogen and oxygen atoms in total. The molecule has 112 valence electrons. The number of halogens is 1. The lowest BCUT2D eigenvalue weighted by Gasteiger charge is -2.25. The average Bonchev–Trinajstić information content (AvgIpc) is 2.71. The molecule has 1 aromatic rings. The number of nitrogens with zero attached hydrogens (tertiary/aromatic N) is 1. The lowest BCUT2D eigenvalue weighted by atomic mass is 9.85. The van der Waals surface area contributed by atoms with Crippen LogP contribution in [0.25, 0.3) is 0 Å². The molecule has 0 spiro atoms. The van der Waals surface area contributed by atoms with Gasteiger partial charge in [-0.2, -0.15) is 0 Å². The topological polar surface area (TPSA) is 68.2 Å². The molecule has 0 radical (unpaired) electrons. The monoisotopic (exact) mass is 318 g/mol. The van der Waals surface area contributed by atoms with Crippen LogP contribution >= 0.6 is 10.7 Å². The van der Waals surface area contributed by atoms with Gasteiger partial charge >= 0.3 is 0 Å². The summed E-state index contributed by atoms with van der Waals surface area (Å²) >= 11 is 0. The van der Waals surface area contributed by atoms with Crippen molar-refractivity contribution in [3.8, 4) is 0 Å². The van der Waals surface area contributed by atoms with Gasteiger partial charge in [-0.05, 0) is 31.2 Å². The lowest BCUT2D eigenvalue weighted by molar-refractivity contribution is 0.0929. The standard InChI is InChI=1S/C13H19ClN2O3S/c1-2-6-16-9-11(20(14,18)19)7-12(16)13(17)15-8-10-4-3-5-10/h7,9-10H,2-6,8H2,1H3,(H,15,17). The lowest BCUT2D eigenvalue weighted by Crippen LogP contribution is -2.33. The van der Waals surface area contributed by atoms with Crippen LogP contribution in [0.5, 0.6) is 0 Å². The van der Waals surface area contributed by atoms with E-state index < -0.39 is 9.05 Å². The third kappa shape index (κ3) is 3.55. The fraction of sp³-hybridized carbons (Fsp3) is 0.615. The van der Waals surface area contributed by atoms with E-state index in [1.165, 1.54) is 18.7 Å². The van der Waals surface area contributed by atoms with Gasteiger partial charge in [0, 0.05) is 30.0 Å². The van der Waals surface area contributed by atoms with Crippen LogP contribution < -0.4 is 5.32 Å². The van der Waals surface area contributed by atoms with Gasteiger partial charge in [0.15, 0.2) is 0 Å². The smallest absolute Gasteiger partial charge is 0.267 e. The van der Waals surface area contributed by atoms with Crippen molar-refractivity contribution in [1.29, 1.82) is 0 Å². The summed E-state index contributed by atoms with van der Waals surface area (Å²) < 4.78 is 24.4. The first-order valence-corrected chi connectivity index (χ1v) is 9.15. The maximum Gasteiger partial charge on any atom is 0.267 e. The van der Waals surface area contributed by atoms with Crippen molar-refractivity contribution < 1.29 is 13.2 Å². The fourth-order valence-electron chi connectivity index (χ4n) is 2.26. The number of hydrogen-bond donors (Lipinski definition) is 1. The minimum atomic E-state index is -3.81. The number of carbonyl (C=O) groups excluding carboxylic acids is 1. The van der Waals surface area contributed by atoms with Crippen molar-refractivity contribution in [3.63, 3.8) is 0 Å². The highest BCUT2D eigenvalue weighted by Gasteiger charge is 2.22. The summed E-state index contributed by atoms with van der Waals surface area (Å²) in [7, 11) is 1.53. The Morgan fingerprint density at radius 3 is 2.70 bits per heavy atom. The molecular weight excluding hydrogens is 300 g/mol. The van der Waals surface area contributed by atoms with Crippen LogP contribution in [0.3, 0.4) is 0 Å². The summed E-state index contributed by atoms with van der Waals surface area (Å²) in [5.41, 5.74) is 0.352. The molecule has 0 unspecified atom stereocenters. The highest BCUT2D eigenvalue weighted by molar-refractivity contribution is 8.13. The molecule has 0 aliphatic heterocycles. The summed E-state index contributed by atoms with van der Waals surface area (Å²) in [6, 6.07) is 1.34. The highest BCUT2D eigenvalue weighted by atomic mass is 35.7. The summed E-state index contributed by atoms with van der Waals surface area (Å²) in [6.45, 7) is 3.20. The molecule has 1 fully saturated rings. The highest BCUT2D eigenvalue weighted by Crippen LogP contribution is 2.25. The van der Waals surface area contributed by atoms with E-state index in [9.17, 15) is 13.2 Å². The Morgan fingerprint density at radius 1 is 1.50 bits per heavy atom. The molecule has 0 aromatic carbocycles. The van der Waals surface area contributed by atoms with E-state index in [0.717, 1.165) is 19.3 Å². The van der Waals surface area contributed by atoms with E-state index in [4.69, 9.17) is 10.7 Å². The number of aromatic nitrogens is 1. The number of hydrogen-bond acceptors (Lipinski definition) is 3. The Morgan fingerprint density at radius 2 is 2.20 bits per heavy atom. The van der Waals surface area contributed by atoms with Gasteiger partial charge in [0.2, 0.25) is 0 Å². The van der Waals surface area contributed by atoms with Gasteiger partial charge < -0.3 is 9.88 Å². The number of aryl methyl sites for hydroxylation is 1. The molecule has 1 N–H and O–H groups in total. The Hall–Kier alpha value is -1.01. The number of amides is 1. The van der Waals surface area contributed by atoms with Gasteiger partial charge in [-0.25, -0.2) is 8.42 Å². The first-order chi connectivity index (χ1) is 9.41. The Balaban J connectivity index is 2.14. The van der Waals surface area contributed by atoms with Crippen molar-refractivity contribution in [2.45, 2.75) is 44.0 Å². The Labute approximate surface area is 123 Å². The predicted molar refractivity (Wildman–Crippen MR) is 77.4 cm³/mol. The van der Waals surface area contributed by atoms with Crippen LogP contribution in [-0.4, -0.2) is 25.4 Å². The molecule has 20 heavy (non-hydrogen) atoms. The third-order valence-electron chi connectivity index (χ3n) is 3.63. The van der Waals surface area contributed by atoms with Crippen molar-refractivity contribution in [3.05, 3.63) is 18.0 Å². The molecule has 0 atom stereocenters. The zero-order valence-corrected chi connectivity index (χ0v) is 13.0. The quantitative estimate of drug-likeness (QED) is 0.819. The summed E-state index contributed by atoms with van der Waals surface area (Å²) in [5.74, 6) is 0.321. The van der Waals surface area contributed by atoms with Gasteiger partial charge in [0.1, 0.15) is 10.6 Å². The van der Waals surface area contributed by atoms with Crippen LogP contribution in [0, 0.1) is 5.92 Å². The van der Waals surface area contributed by atoms with Crippen molar-refractivity contribution in [1.82, 2.24) is 9.88 Å². The maximum atomic E-state index is 12.2. The first kappa shape index (κ1) is 15.4. The van der Waals surface area contributed by atoms with E-state index in [1.807, 2.05) is 6.92 Å². The average molecular weight is 319 g/mol. The fourth-order valence-corrected chi connectivity index (χ4v) is 3.02. The molecule has 1 heterocycles. The van der Waals surface area contributed by atoms with Crippen LogP contribution in [0.4, 0.5) is 0 Å². The van der Waals surface area contributed by atoms with E-state index in [1.54, 1.807) is 4.57 Å². The second-order valence-corrected chi connectivity index (χ2v) is 7.77. The van der Waals surface area contributed by atoms with Crippen LogP contribution in [0.1, 0.15) is 43.1 Å². The Kier molecular flexibility index (Phi) is 4.75. The predicted octanol–water partition coefficient (Wildman–Crippen LogP) is 2.36. The van der Waals surface area contributed by atoms with Gasteiger partial charge in [0.05, 0.1) is 0 Å². The molecule has 1 aromatic heterocycles. The molecule has 0 bridgehead atoms. The molecule has 1 aliphatic carbocycles. The Bertz CT molecular complexity index is 591. The number of carbonyl (C=O) groups is 1. The number of nitrogens with one attached hydrogen (secondary N) is 1. The van der Waals surface area contributed by atoms with Crippen molar-refractivity contribution in [2.24, 2.45) is 5.92 Å². The normalized spacial score (nSPS) is 15.9. The second kappa shape index (κ2) is 6.18. The molecule has 1 aliphatic rings. The van der Waals surface area contributed by atoms with Crippen LogP contribution in [-0.2, 0) is 15.6 Å². The molecule has 2 rings (SSSR count). The van der Waals surface area contributed by atoms with Crippen molar-refractivity contribution >= 4 is 25.6 Å². The largest absolute Gasteiger partial charge is 0.350 e. The maximum absolute atomic E-state index is 12.2. The van der Waals surface area contributed by atoms with E-state index in [-0.39, 0.29) is 10.8 Å². The minimum absolute atomic E-state index is 0.0265. The SMILES string of the molecule is CCCn1cc(S(=O)(=O)Cl)cc1C(=O)NCC1CCC1. The minimum Gasteiger partial charge on any atom is -0.350 e. The van der Waals surface area contributed by atoms with Gasteiger partial charge in [0.25, 0.3) is 15.0 Å². The molecule has 0 saturated heterocycles. The van der Waals surface area contributed by atoms with Gasteiger partial charge in [-0.3, -0.25) is 4.79 Å². The zero-order chi connectivity index (χ0) is 14.8. The molecule has 1 saturated carbocycles. The van der Waals surface area contributed by atoms with Gasteiger partial charge in [-0.15, -0.1) is 0 Å². The van der Waals surface area contributed by atoms with Crippen LogP contribution in [0.2, 0.25) is 0 Å². The van der Waals surface area contributed by atoms with Crippen molar-refractivity contribution in [2.75, 3.05) is 6.54 Å². The zero-order valence-electron chi connectivity index (χ0n) is 11.4. The second-order valence-electron chi connectivity index (χ2n) is 5.20. The van der Waals surface area contributed by atoms with E-state index >= 15 is 0 Å². The first-order valence-electron chi connectivity index (χ1n) is 6.85. The molecule has 1 amide bonds. The van der Waals surface area contributed by atoms with Crippen LogP contribution in [0.15, 0.2) is 17.2 Å². The molecule has 7 heteroatoms. The number of rotatable bonds is 6. The third-order valence-corrected chi connectivity index (χ3v) is 4.95.